The molecule has 0 aliphatic rings. The minimum atomic E-state index is 0.0337. The molecule has 0 saturated carbocycles. The highest BCUT2D eigenvalue weighted by molar-refractivity contribution is 9.13. The molecule has 1 aromatic heterocycles. The molecule has 0 radical (unpaired) electrons. The van der Waals surface area contributed by atoms with Crippen molar-refractivity contribution in [1.29, 1.82) is 0 Å². The summed E-state index contributed by atoms with van der Waals surface area (Å²) in [5.74, 6) is 0.0337. The number of hydrogen-bond donors (Lipinski definition) is 2. The highest BCUT2D eigenvalue weighted by Gasteiger charge is 2.05. The van der Waals surface area contributed by atoms with Crippen molar-refractivity contribution in [2.45, 2.75) is 6.92 Å². The molecular formula is C7H10Br2N2O. The first-order valence-electron chi connectivity index (χ1n) is 3.24. The van der Waals surface area contributed by atoms with Gasteiger partial charge in [0.15, 0.2) is 5.78 Å². The maximum atomic E-state index is 10.7. The van der Waals surface area contributed by atoms with E-state index in [1.807, 2.05) is 0 Å². The summed E-state index contributed by atoms with van der Waals surface area (Å²) in [5, 5.41) is 0. The van der Waals surface area contributed by atoms with Crippen molar-refractivity contribution >= 4 is 37.6 Å². The van der Waals surface area contributed by atoms with E-state index in [9.17, 15) is 4.79 Å². The number of aromatic amines is 1. The van der Waals surface area contributed by atoms with Gasteiger partial charge < -0.3 is 10.7 Å². The lowest BCUT2D eigenvalue weighted by Crippen LogP contribution is -1.89. The number of halogens is 2. The highest BCUT2D eigenvalue weighted by atomic mass is 79.9. The standard InChI is InChI=1S/C6H5Br2NO.CH5N/c1-3(10)5-2-4(7)6(8)9-5;1-2/h2,9H,1H3;2H2,1H3. The number of rotatable bonds is 1. The predicted octanol–water partition coefficient (Wildman–Crippen LogP) is 2.32. The van der Waals surface area contributed by atoms with Crippen LogP contribution in [-0.2, 0) is 0 Å². The zero-order valence-electron chi connectivity index (χ0n) is 6.82. The van der Waals surface area contributed by atoms with Gasteiger partial charge in [-0.25, -0.2) is 0 Å². The number of carbonyl (C=O) groups excluding carboxylic acids is 1. The van der Waals surface area contributed by atoms with Crippen molar-refractivity contribution in [3.63, 3.8) is 0 Å². The maximum absolute atomic E-state index is 10.7. The third-order valence-electron chi connectivity index (χ3n) is 1.10. The molecule has 0 atom stereocenters. The summed E-state index contributed by atoms with van der Waals surface area (Å²) in [6, 6.07) is 1.74. The van der Waals surface area contributed by atoms with Crippen LogP contribution in [0.1, 0.15) is 17.4 Å². The fourth-order valence-electron chi connectivity index (χ4n) is 0.594. The van der Waals surface area contributed by atoms with Crippen LogP contribution in [0.4, 0.5) is 0 Å². The molecule has 0 aliphatic heterocycles. The predicted molar refractivity (Wildman–Crippen MR) is 56.3 cm³/mol. The molecule has 0 amide bonds. The third-order valence-corrected chi connectivity index (χ3v) is 2.89. The van der Waals surface area contributed by atoms with E-state index in [0.717, 1.165) is 9.08 Å². The molecule has 0 aliphatic carbocycles. The van der Waals surface area contributed by atoms with E-state index in [1.54, 1.807) is 6.07 Å². The molecular weight excluding hydrogens is 288 g/mol. The number of ketones is 1. The summed E-state index contributed by atoms with van der Waals surface area (Å²) in [5.41, 5.74) is 5.11. The molecule has 0 aromatic carbocycles. The Labute approximate surface area is 88.0 Å². The number of H-pyrrole nitrogens is 1. The molecule has 0 saturated heterocycles. The number of aromatic nitrogens is 1. The first kappa shape index (κ1) is 11.9. The molecule has 5 heteroatoms. The second-order valence-electron chi connectivity index (χ2n) is 1.90. The summed E-state index contributed by atoms with van der Waals surface area (Å²) in [6.07, 6.45) is 0. The van der Waals surface area contributed by atoms with Gasteiger partial charge in [0.25, 0.3) is 0 Å². The van der Waals surface area contributed by atoms with Crippen molar-refractivity contribution in [1.82, 2.24) is 4.98 Å². The quantitative estimate of drug-likeness (QED) is 0.782. The van der Waals surface area contributed by atoms with E-state index in [-0.39, 0.29) is 5.78 Å². The van der Waals surface area contributed by atoms with Crippen molar-refractivity contribution in [2.75, 3.05) is 7.05 Å². The van der Waals surface area contributed by atoms with Gasteiger partial charge in [-0.2, -0.15) is 0 Å². The lowest BCUT2D eigenvalue weighted by molar-refractivity contribution is 0.101. The summed E-state index contributed by atoms with van der Waals surface area (Å²) >= 11 is 6.48. The van der Waals surface area contributed by atoms with E-state index < -0.39 is 0 Å². The first-order valence-corrected chi connectivity index (χ1v) is 4.82. The molecule has 0 fully saturated rings. The second-order valence-corrected chi connectivity index (χ2v) is 3.55. The number of nitrogens with two attached hydrogens (primary N) is 1. The Morgan fingerprint density at radius 1 is 1.50 bits per heavy atom. The van der Waals surface area contributed by atoms with E-state index in [1.165, 1.54) is 14.0 Å². The van der Waals surface area contributed by atoms with Gasteiger partial charge in [0.05, 0.1) is 14.8 Å². The first-order chi connectivity index (χ1) is 5.61. The van der Waals surface area contributed by atoms with Gasteiger partial charge in [0.1, 0.15) is 0 Å². The fourth-order valence-corrected chi connectivity index (χ4v) is 1.25. The lowest BCUT2D eigenvalue weighted by atomic mass is 10.3. The van der Waals surface area contributed by atoms with Crippen LogP contribution in [0.3, 0.4) is 0 Å². The Morgan fingerprint density at radius 3 is 2.17 bits per heavy atom. The molecule has 3 nitrogen and oxygen atoms in total. The van der Waals surface area contributed by atoms with Crippen LogP contribution < -0.4 is 5.73 Å². The Morgan fingerprint density at radius 2 is 2.00 bits per heavy atom. The summed E-state index contributed by atoms with van der Waals surface area (Å²) < 4.78 is 1.68. The Kier molecular flexibility index (Phi) is 5.44. The summed E-state index contributed by atoms with van der Waals surface area (Å²) in [6.45, 7) is 1.52. The van der Waals surface area contributed by atoms with Gasteiger partial charge in [-0.05, 0) is 45.0 Å². The molecule has 1 rings (SSSR count). The zero-order chi connectivity index (χ0) is 9.72. The van der Waals surface area contributed by atoms with Gasteiger partial charge in [0.2, 0.25) is 0 Å². The van der Waals surface area contributed by atoms with Crippen LogP contribution in [0.5, 0.6) is 0 Å². The van der Waals surface area contributed by atoms with Gasteiger partial charge in [-0.3, -0.25) is 4.79 Å². The Hall–Kier alpha value is -0.130. The number of nitrogens with one attached hydrogen (secondary N) is 1. The van der Waals surface area contributed by atoms with Crippen molar-refractivity contribution in [3.05, 3.63) is 20.8 Å². The Balaban J connectivity index is 0.000000561. The second kappa shape index (κ2) is 5.50. The summed E-state index contributed by atoms with van der Waals surface area (Å²) in [7, 11) is 1.50. The van der Waals surface area contributed by atoms with Crippen LogP contribution in [0.15, 0.2) is 15.1 Å². The van der Waals surface area contributed by atoms with Crippen molar-refractivity contribution in [3.8, 4) is 0 Å². The number of hydrogen-bond acceptors (Lipinski definition) is 2. The minimum absolute atomic E-state index is 0.0337. The van der Waals surface area contributed by atoms with Gasteiger partial charge in [-0.15, -0.1) is 0 Å². The Bertz CT molecular complexity index is 251. The van der Waals surface area contributed by atoms with Crippen molar-refractivity contribution < 1.29 is 4.79 Å². The van der Waals surface area contributed by atoms with Crippen molar-refractivity contribution in [2.24, 2.45) is 5.73 Å². The van der Waals surface area contributed by atoms with Crippen LogP contribution in [0.2, 0.25) is 0 Å². The average Bonchev–Trinajstić information content (AvgIpc) is 2.36. The summed E-state index contributed by atoms with van der Waals surface area (Å²) in [4.78, 5) is 13.6. The molecule has 12 heavy (non-hydrogen) atoms. The topological polar surface area (TPSA) is 58.9 Å². The number of Topliss-reactive ketones (excluding diaryl/α,β-unsaturated/α-hetero) is 1. The van der Waals surface area contributed by atoms with Crippen LogP contribution >= 0.6 is 31.9 Å². The van der Waals surface area contributed by atoms with E-state index in [2.05, 4.69) is 42.6 Å². The number of carbonyl (C=O) groups is 1. The monoisotopic (exact) mass is 296 g/mol. The van der Waals surface area contributed by atoms with Gasteiger partial charge in [0, 0.05) is 6.92 Å². The lowest BCUT2D eigenvalue weighted by Gasteiger charge is -1.83. The molecule has 1 aromatic rings. The maximum Gasteiger partial charge on any atom is 0.175 e. The zero-order valence-corrected chi connectivity index (χ0v) is 9.99. The molecule has 1 heterocycles. The molecule has 3 N–H and O–H groups in total. The molecule has 0 spiro atoms. The highest BCUT2D eigenvalue weighted by Crippen LogP contribution is 2.22. The van der Waals surface area contributed by atoms with E-state index in [4.69, 9.17) is 0 Å². The smallest absolute Gasteiger partial charge is 0.175 e. The molecule has 0 bridgehead atoms. The molecule has 68 valence electrons. The normalized spacial score (nSPS) is 8.75. The molecule has 0 unspecified atom stereocenters. The fraction of sp³-hybridized carbons (Fsp3) is 0.286. The van der Waals surface area contributed by atoms with Crippen LogP contribution in [0.25, 0.3) is 0 Å². The van der Waals surface area contributed by atoms with Gasteiger partial charge in [-0.1, -0.05) is 0 Å². The average molecular weight is 298 g/mol. The van der Waals surface area contributed by atoms with Crippen LogP contribution in [0, 0.1) is 0 Å². The van der Waals surface area contributed by atoms with Gasteiger partial charge >= 0.3 is 0 Å². The third kappa shape index (κ3) is 3.08. The van der Waals surface area contributed by atoms with E-state index in [0.29, 0.717) is 5.69 Å². The van der Waals surface area contributed by atoms with E-state index >= 15 is 0 Å². The minimum Gasteiger partial charge on any atom is -0.346 e. The largest absolute Gasteiger partial charge is 0.346 e. The SMILES string of the molecule is CC(=O)c1cc(Br)c(Br)[nH]1.CN. The van der Waals surface area contributed by atoms with Crippen LogP contribution in [-0.4, -0.2) is 17.8 Å².